The molecule has 1 amide bonds. The van der Waals surface area contributed by atoms with E-state index in [9.17, 15) is 35.6 Å². The molecule has 3 aromatic heterocycles. The van der Waals surface area contributed by atoms with E-state index < -0.39 is 87.7 Å². The third kappa shape index (κ3) is 6.22. The van der Waals surface area contributed by atoms with Crippen molar-refractivity contribution >= 4 is 27.0 Å². The molecule has 0 unspecified atom stereocenters. The Morgan fingerprint density at radius 1 is 1.04 bits per heavy atom. The molecule has 0 spiro atoms. The molecule has 4 heterocycles. The van der Waals surface area contributed by atoms with E-state index in [2.05, 4.69) is 20.4 Å². The van der Waals surface area contributed by atoms with E-state index in [-0.39, 0.29) is 71.3 Å². The first-order chi connectivity index (χ1) is 25.7. The molecule has 5 aromatic rings. The average Bonchev–Trinajstić information content (AvgIpc) is 3.80. The molecule has 12 nitrogen and oxygen atoms in total. The topological polar surface area (TPSA) is 141 Å². The molecule has 3 aliphatic rings. The maximum absolute atomic E-state index is 15.3. The summed E-state index contributed by atoms with van der Waals surface area (Å²) in [4.78, 5) is 36.5. The number of alkyl halides is 4. The number of nitrogens with zero attached hydrogens (tertiary/aromatic N) is 6. The molecule has 0 radical (unpaired) electrons. The Morgan fingerprint density at radius 3 is 2.43 bits per heavy atom. The van der Waals surface area contributed by atoms with Crippen LogP contribution in [0.2, 0.25) is 0 Å². The highest BCUT2D eigenvalue weighted by Gasteiger charge is 2.67. The fourth-order valence-electron chi connectivity index (χ4n) is 7.35. The molecule has 2 aromatic carbocycles. The molecule has 1 saturated heterocycles. The molecule has 1 saturated carbocycles. The maximum Gasteiger partial charge on any atom is 0.293 e. The molecule has 2 aliphatic carbocycles. The summed E-state index contributed by atoms with van der Waals surface area (Å²) < 4.78 is 122. The molecular formula is C35H29F6N7O5S. The Bertz CT molecular complexity index is 2450. The zero-order valence-corrected chi connectivity index (χ0v) is 28.7. The monoisotopic (exact) mass is 773 g/mol. The minimum absolute atomic E-state index is 0.00161. The Hall–Kier alpha value is -5.14. The van der Waals surface area contributed by atoms with E-state index in [1.54, 1.807) is 0 Å². The van der Waals surface area contributed by atoms with Crippen LogP contribution in [0.3, 0.4) is 0 Å². The van der Waals surface area contributed by atoms with Gasteiger partial charge < -0.3 is 10.1 Å². The average molecular weight is 774 g/mol. The molecule has 0 bridgehead atoms. The van der Waals surface area contributed by atoms with Gasteiger partial charge in [-0.3, -0.25) is 18.8 Å². The van der Waals surface area contributed by atoms with Crippen LogP contribution in [-0.4, -0.2) is 69.2 Å². The number of rotatable bonds is 10. The van der Waals surface area contributed by atoms with Crippen molar-refractivity contribution in [2.75, 3.05) is 26.3 Å². The van der Waals surface area contributed by atoms with Gasteiger partial charge in [0.1, 0.15) is 35.4 Å². The summed E-state index contributed by atoms with van der Waals surface area (Å²) in [6, 6.07) is 9.33. The van der Waals surface area contributed by atoms with Crippen molar-refractivity contribution in [2.24, 2.45) is 5.92 Å². The van der Waals surface area contributed by atoms with Gasteiger partial charge >= 0.3 is 0 Å². The number of morpholine rings is 1. The summed E-state index contributed by atoms with van der Waals surface area (Å²) in [6.45, 7) is -0.228. The largest absolute Gasteiger partial charge is 0.379 e. The number of sulfonamides is 1. The number of fused-ring (bicyclic) bond motifs is 4. The van der Waals surface area contributed by atoms with Crippen LogP contribution in [-0.2, 0) is 38.4 Å². The SMILES string of the molecule is O=C(Cn1nc(C(F)F)c2c1C(F)(F)[C@@H]1C[C@H]21)N[C@@H](Cc1cc(F)cc(F)c1)c1nc2ncccc2c(=O)n1-c1ccc(S(=O)(=O)N2CCOCC2)cc1. The standard InChI is InChI=1S/C35H29F6N7O5S/c36-19-12-18(13-20(37)15-19)14-26(43-27(49)17-47-30-28(29(45-47)31(38)39)24-16-25(24)35(30,40)41)33-44-32-23(2-1-7-42-32)34(50)48(33)21-3-5-22(6-4-21)54(51,52)46-8-10-53-11-9-46/h1-7,12-13,15,24-26,31H,8-11,14,16-17H2,(H,43,49)/t24-,25+,26-/m0/s1. The van der Waals surface area contributed by atoms with Gasteiger partial charge in [0.25, 0.3) is 17.9 Å². The number of halogens is 6. The summed E-state index contributed by atoms with van der Waals surface area (Å²) in [7, 11) is -3.94. The van der Waals surface area contributed by atoms with Gasteiger partial charge in [0.05, 0.1) is 35.2 Å². The molecule has 282 valence electrons. The van der Waals surface area contributed by atoms with Crippen molar-refractivity contribution in [1.82, 2.24) is 33.9 Å². The van der Waals surface area contributed by atoms with Crippen molar-refractivity contribution in [3.8, 4) is 5.69 Å². The fraction of sp³-hybridized carbons (Fsp3) is 0.343. The van der Waals surface area contributed by atoms with Crippen molar-refractivity contribution in [3.05, 3.63) is 111 Å². The number of pyridine rings is 1. The lowest BCUT2D eigenvalue weighted by molar-refractivity contribution is -0.123. The smallest absolute Gasteiger partial charge is 0.293 e. The second-order valence-electron chi connectivity index (χ2n) is 13.3. The van der Waals surface area contributed by atoms with Crippen LogP contribution in [0.5, 0.6) is 0 Å². The van der Waals surface area contributed by atoms with Crippen molar-refractivity contribution in [3.63, 3.8) is 0 Å². The van der Waals surface area contributed by atoms with Crippen LogP contribution >= 0.6 is 0 Å². The molecule has 54 heavy (non-hydrogen) atoms. The van der Waals surface area contributed by atoms with Crippen LogP contribution < -0.4 is 10.9 Å². The summed E-state index contributed by atoms with van der Waals surface area (Å²) in [5.74, 6) is -8.63. The Balaban J connectivity index is 1.21. The van der Waals surface area contributed by atoms with Crippen molar-refractivity contribution in [1.29, 1.82) is 0 Å². The molecule has 19 heteroatoms. The van der Waals surface area contributed by atoms with Crippen LogP contribution in [0.1, 0.15) is 53.1 Å². The van der Waals surface area contributed by atoms with Gasteiger partial charge in [-0.05, 0) is 66.4 Å². The van der Waals surface area contributed by atoms with E-state index in [0.717, 1.165) is 16.7 Å². The third-order valence-corrected chi connectivity index (χ3v) is 11.8. The van der Waals surface area contributed by atoms with Crippen LogP contribution in [0.4, 0.5) is 26.3 Å². The van der Waals surface area contributed by atoms with Gasteiger partial charge in [-0.2, -0.15) is 18.2 Å². The summed E-state index contributed by atoms with van der Waals surface area (Å²) in [5, 5.41) is 6.32. The quantitative estimate of drug-likeness (QED) is 0.205. The first kappa shape index (κ1) is 35.9. The summed E-state index contributed by atoms with van der Waals surface area (Å²) in [6.07, 6.45) is -2.21. The van der Waals surface area contributed by atoms with Gasteiger partial charge in [0.15, 0.2) is 5.65 Å². The van der Waals surface area contributed by atoms with E-state index in [1.807, 2.05) is 0 Å². The van der Waals surface area contributed by atoms with Crippen LogP contribution in [0, 0.1) is 17.6 Å². The Labute approximate surface area is 302 Å². The number of benzene rings is 2. The molecule has 8 rings (SSSR count). The first-order valence-electron chi connectivity index (χ1n) is 16.8. The minimum atomic E-state index is -3.94. The highest BCUT2D eigenvalue weighted by molar-refractivity contribution is 7.89. The van der Waals surface area contributed by atoms with Crippen LogP contribution in [0.15, 0.2) is 70.5 Å². The predicted molar refractivity (Wildman–Crippen MR) is 178 cm³/mol. The first-order valence-corrected chi connectivity index (χ1v) is 18.3. The fourth-order valence-corrected chi connectivity index (χ4v) is 8.76. The summed E-state index contributed by atoms with van der Waals surface area (Å²) >= 11 is 0. The molecule has 2 fully saturated rings. The lowest BCUT2D eigenvalue weighted by Gasteiger charge is -2.26. The van der Waals surface area contributed by atoms with E-state index in [1.165, 1.54) is 46.9 Å². The molecule has 1 aliphatic heterocycles. The number of ether oxygens (including phenoxy) is 1. The number of hydrogen-bond donors (Lipinski definition) is 1. The minimum Gasteiger partial charge on any atom is -0.379 e. The number of amides is 1. The number of aromatic nitrogens is 5. The van der Waals surface area contributed by atoms with Gasteiger partial charge in [-0.15, -0.1) is 0 Å². The predicted octanol–water partition coefficient (Wildman–Crippen LogP) is 4.52. The Morgan fingerprint density at radius 2 is 1.74 bits per heavy atom. The summed E-state index contributed by atoms with van der Waals surface area (Å²) in [5.41, 5.74) is -2.56. The zero-order chi connectivity index (χ0) is 38.1. The lowest BCUT2D eigenvalue weighted by Crippen LogP contribution is -2.40. The molecular weight excluding hydrogens is 744 g/mol. The number of nitrogens with one attached hydrogen (secondary N) is 1. The maximum atomic E-state index is 15.3. The van der Waals surface area contributed by atoms with E-state index >= 15 is 8.78 Å². The second-order valence-corrected chi connectivity index (χ2v) is 15.2. The van der Waals surface area contributed by atoms with Crippen molar-refractivity contribution in [2.45, 2.75) is 48.6 Å². The van der Waals surface area contributed by atoms with Gasteiger partial charge in [-0.25, -0.2) is 35.9 Å². The Kier molecular flexibility index (Phi) is 8.84. The van der Waals surface area contributed by atoms with E-state index in [4.69, 9.17) is 4.74 Å². The third-order valence-electron chi connectivity index (χ3n) is 9.84. The van der Waals surface area contributed by atoms with Gasteiger partial charge in [-0.1, -0.05) is 0 Å². The number of hydrogen-bond acceptors (Lipinski definition) is 8. The van der Waals surface area contributed by atoms with Gasteiger partial charge in [0.2, 0.25) is 15.9 Å². The zero-order valence-electron chi connectivity index (χ0n) is 27.9. The van der Waals surface area contributed by atoms with Crippen LogP contribution in [0.25, 0.3) is 16.7 Å². The normalized spacial score (nSPS) is 19.8. The van der Waals surface area contributed by atoms with Gasteiger partial charge in [0, 0.05) is 43.3 Å². The molecule has 3 atom stereocenters. The highest BCUT2D eigenvalue weighted by atomic mass is 32.2. The number of carbonyl (C=O) groups excluding carboxylic acids is 1. The lowest BCUT2D eigenvalue weighted by atomic mass is 10.0. The second kappa shape index (κ2) is 13.3. The number of carbonyl (C=O) groups is 1. The van der Waals surface area contributed by atoms with E-state index in [0.29, 0.717) is 10.7 Å². The highest BCUT2D eigenvalue weighted by Crippen LogP contribution is 2.68. The molecule has 1 N–H and O–H groups in total. The van der Waals surface area contributed by atoms with Crippen molar-refractivity contribution < 1.29 is 44.3 Å².